The first-order valence-corrected chi connectivity index (χ1v) is 6.91. The van der Waals surface area contributed by atoms with Gasteiger partial charge in [-0.05, 0) is 30.7 Å². The number of pyridine rings is 2. The van der Waals surface area contributed by atoms with Gasteiger partial charge in [-0.2, -0.15) is 0 Å². The van der Waals surface area contributed by atoms with Crippen LogP contribution in [-0.4, -0.2) is 26.1 Å². The number of anilines is 1. The Morgan fingerprint density at radius 1 is 1.10 bits per heavy atom. The van der Waals surface area contributed by atoms with E-state index in [1.54, 1.807) is 12.4 Å². The van der Waals surface area contributed by atoms with Crippen LogP contribution in [0.4, 0.5) is 5.69 Å². The number of hydrogen-bond donors (Lipinski definition) is 1. The molecule has 21 heavy (non-hydrogen) atoms. The predicted octanol–water partition coefficient (Wildman–Crippen LogP) is 2.76. The summed E-state index contributed by atoms with van der Waals surface area (Å²) in [4.78, 5) is 12.8. The van der Waals surface area contributed by atoms with Gasteiger partial charge in [0.25, 0.3) is 0 Å². The van der Waals surface area contributed by atoms with Gasteiger partial charge in [0.15, 0.2) is 5.82 Å². The zero-order valence-electron chi connectivity index (χ0n) is 11.9. The Bertz CT molecular complexity index is 705. The number of aromatic nitrogens is 4. The van der Waals surface area contributed by atoms with Gasteiger partial charge in [-0.25, -0.2) is 4.98 Å². The first-order valence-electron chi connectivity index (χ1n) is 6.91. The van der Waals surface area contributed by atoms with Gasteiger partial charge in [0.1, 0.15) is 5.69 Å². The molecule has 0 aliphatic heterocycles. The first-order chi connectivity index (χ1) is 10.3. The van der Waals surface area contributed by atoms with Gasteiger partial charge < -0.3 is 9.88 Å². The van der Waals surface area contributed by atoms with Crippen molar-refractivity contribution < 1.29 is 0 Å². The molecular formula is C16H17N5. The van der Waals surface area contributed by atoms with Crippen molar-refractivity contribution in [3.05, 3.63) is 60.8 Å². The van der Waals surface area contributed by atoms with Crippen molar-refractivity contribution in [3.63, 3.8) is 0 Å². The summed E-state index contributed by atoms with van der Waals surface area (Å²) >= 11 is 0. The molecule has 1 N–H and O–H groups in total. The summed E-state index contributed by atoms with van der Waals surface area (Å²) in [6.45, 7) is 3.70. The molecule has 5 nitrogen and oxygen atoms in total. The molecule has 106 valence electrons. The van der Waals surface area contributed by atoms with Gasteiger partial charge in [0, 0.05) is 49.8 Å². The van der Waals surface area contributed by atoms with E-state index >= 15 is 0 Å². The maximum atomic E-state index is 4.39. The Balaban J connectivity index is 1.67. The van der Waals surface area contributed by atoms with Crippen LogP contribution in [0.5, 0.6) is 0 Å². The molecule has 0 bridgehead atoms. The number of rotatable bonds is 5. The Labute approximate surface area is 123 Å². The van der Waals surface area contributed by atoms with Crippen LogP contribution in [-0.2, 0) is 6.54 Å². The third-order valence-corrected chi connectivity index (χ3v) is 3.30. The van der Waals surface area contributed by atoms with E-state index in [1.807, 2.05) is 49.8 Å². The molecule has 0 aliphatic carbocycles. The van der Waals surface area contributed by atoms with Gasteiger partial charge >= 0.3 is 0 Å². The fraction of sp³-hybridized carbons (Fsp3) is 0.188. The highest BCUT2D eigenvalue weighted by Crippen LogP contribution is 2.14. The largest absolute Gasteiger partial charge is 0.383 e. The molecule has 5 heteroatoms. The lowest BCUT2D eigenvalue weighted by Crippen LogP contribution is -2.12. The SMILES string of the molecule is Cc1cnccc1NCCn1ccnc1-c1ccccn1. The molecule has 0 aromatic carbocycles. The summed E-state index contributed by atoms with van der Waals surface area (Å²) in [5, 5.41) is 3.42. The lowest BCUT2D eigenvalue weighted by atomic mass is 10.2. The number of aryl methyl sites for hydroxylation is 1. The lowest BCUT2D eigenvalue weighted by molar-refractivity contribution is 0.732. The molecular weight excluding hydrogens is 262 g/mol. The van der Waals surface area contributed by atoms with Crippen LogP contribution in [0.1, 0.15) is 5.56 Å². The predicted molar refractivity (Wildman–Crippen MR) is 82.9 cm³/mol. The fourth-order valence-electron chi connectivity index (χ4n) is 2.20. The Morgan fingerprint density at radius 3 is 2.86 bits per heavy atom. The van der Waals surface area contributed by atoms with Crippen molar-refractivity contribution in [1.29, 1.82) is 0 Å². The van der Waals surface area contributed by atoms with E-state index in [9.17, 15) is 0 Å². The van der Waals surface area contributed by atoms with Crippen LogP contribution in [0.25, 0.3) is 11.5 Å². The average molecular weight is 279 g/mol. The van der Waals surface area contributed by atoms with Crippen molar-refractivity contribution in [2.45, 2.75) is 13.5 Å². The summed E-state index contributed by atoms with van der Waals surface area (Å²) in [7, 11) is 0. The second-order valence-corrected chi connectivity index (χ2v) is 4.78. The Kier molecular flexibility index (Phi) is 3.91. The van der Waals surface area contributed by atoms with Gasteiger partial charge in [-0.15, -0.1) is 0 Å². The second kappa shape index (κ2) is 6.17. The standard InChI is InChI=1S/C16H17N5/c1-13-12-17-7-5-14(13)19-8-10-21-11-9-20-16(21)15-4-2-3-6-18-15/h2-7,9,11-12H,8,10H2,1H3,(H,17,19). The molecule has 0 amide bonds. The van der Waals surface area contributed by atoms with Crippen LogP contribution in [0, 0.1) is 6.92 Å². The number of nitrogens with zero attached hydrogens (tertiary/aromatic N) is 4. The molecule has 3 aromatic heterocycles. The molecule has 0 aliphatic rings. The number of hydrogen-bond acceptors (Lipinski definition) is 4. The van der Waals surface area contributed by atoms with Crippen LogP contribution < -0.4 is 5.32 Å². The van der Waals surface area contributed by atoms with E-state index < -0.39 is 0 Å². The van der Waals surface area contributed by atoms with Crippen molar-refractivity contribution in [2.24, 2.45) is 0 Å². The van der Waals surface area contributed by atoms with Crippen molar-refractivity contribution >= 4 is 5.69 Å². The molecule has 0 atom stereocenters. The molecule has 0 radical (unpaired) electrons. The average Bonchev–Trinajstić information content (AvgIpc) is 2.99. The highest BCUT2D eigenvalue weighted by molar-refractivity contribution is 5.50. The third-order valence-electron chi connectivity index (χ3n) is 3.30. The first kappa shape index (κ1) is 13.3. The van der Waals surface area contributed by atoms with Crippen molar-refractivity contribution in [3.8, 4) is 11.5 Å². The number of nitrogens with one attached hydrogen (secondary N) is 1. The molecule has 3 rings (SSSR count). The molecule has 0 spiro atoms. The monoisotopic (exact) mass is 279 g/mol. The van der Waals surface area contributed by atoms with E-state index in [1.165, 1.54) is 0 Å². The maximum Gasteiger partial charge on any atom is 0.158 e. The quantitative estimate of drug-likeness (QED) is 0.780. The van der Waals surface area contributed by atoms with E-state index in [-0.39, 0.29) is 0 Å². The molecule has 0 unspecified atom stereocenters. The zero-order chi connectivity index (χ0) is 14.5. The molecule has 0 saturated carbocycles. The minimum atomic E-state index is 0.820. The summed E-state index contributed by atoms with van der Waals surface area (Å²) in [5.41, 5.74) is 3.15. The summed E-state index contributed by atoms with van der Waals surface area (Å²) in [5.74, 6) is 0.892. The summed E-state index contributed by atoms with van der Waals surface area (Å²) < 4.78 is 2.10. The molecule has 0 fully saturated rings. The van der Waals surface area contributed by atoms with Gasteiger partial charge in [0.05, 0.1) is 0 Å². The Morgan fingerprint density at radius 2 is 2.05 bits per heavy atom. The van der Waals surface area contributed by atoms with E-state index in [0.29, 0.717) is 0 Å². The zero-order valence-corrected chi connectivity index (χ0v) is 11.9. The number of imidazole rings is 1. The second-order valence-electron chi connectivity index (χ2n) is 4.78. The van der Waals surface area contributed by atoms with E-state index in [0.717, 1.165) is 35.9 Å². The summed E-state index contributed by atoms with van der Waals surface area (Å²) in [6, 6.07) is 7.84. The smallest absolute Gasteiger partial charge is 0.158 e. The van der Waals surface area contributed by atoms with E-state index in [4.69, 9.17) is 0 Å². The lowest BCUT2D eigenvalue weighted by Gasteiger charge is -2.11. The highest BCUT2D eigenvalue weighted by Gasteiger charge is 2.06. The van der Waals surface area contributed by atoms with Crippen LogP contribution in [0.3, 0.4) is 0 Å². The summed E-state index contributed by atoms with van der Waals surface area (Å²) in [6.07, 6.45) is 9.23. The Hall–Kier alpha value is -2.69. The topological polar surface area (TPSA) is 55.6 Å². The fourth-order valence-corrected chi connectivity index (χ4v) is 2.20. The van der Waals surface area contributed by atoms with Gasteiger partial charge in [-0.3, -0.25) is 9.97 Å². The van der Waals surface area contributed by atoms with Crippen LogP contribution in [0.15, 0.2) is 55.2 Å². The maximum absolute atomic E-state index is 4.39. The molecule has 3 heterocycles. The van der Waals surface area contributed by atoms with E-state index in [2.05, 4.69) is 24.8 Å². The molecule has 0 saturated heterocycles. The van der Waals surface area contributed by atoms with Crippen LogP contribution in [0.2, 0.25) is 0 Å². The minimum Gasteiger partial charge on any atom is -0.383 e. The molecule has 3 aromatic rings. The normalized spacial score (nSPS) is 10.5. The third kappa shape index (κ3) is 3.08. The van der Waals surface area contributed by atoms with Gasteiger partial charge in [0.2, 0.25) is 0 Å². The van der Waals surface area contributed by atoms with Crippen molar-refractivity contribution in [1.82, 2.24) is 19.5 Å². The van der Waals surface area contributed by atoms with Crippen LogP contribution >= 0.6 is 0 Å². The van der Waals surface area contributed by atoms with Gasteiger partial charge in [-0.1, -0.05) is 6.07 Å². The van der Waals surface area contributed by atoms with Crippen molar-refractivity contribution in [2.75, 3.05) is 11.9 Å². The highest BCUT2D eigenvalue weighted by atomic mass is 15.1. The minimum absolute atomic E-state index is 0.820.